The Kier molecular flexibility index (Phi) is 6.69. The van der Waals surface area contributed by atoms with Crippen LogP contribution in [0.25, 0.3) is 6.08 Å². The number of carbonyl (C=O) groups is 3. The molecule has 5 nitrogen and oxygen atoms in total. The Hall–Kier alpha value is -1.99. The molecule has 7 heteroatoms. The molecule has 1 aromatic rings. The Labute approximate surface area is 149 Å². The van der Waals surface area contributed by atoms with Crippen LogP contribution in [-0.2, 0) is 9.59 Å². The van der Waals surface area contributed by atoms with Gasteiger partial charge < -0.3 is 5.11 Å². The molecule has 0 unspecified atom stereocenters. The second-order valence-corrected chi connectivity index (χ2v) is 7.00. The molecule has 0 aliphatic carbocycles. The average Bonchev–Trinajstić information content (AvgIpc) is 2.82. The van der Waals surface area contributed by atoms with Gasteiger partial charge in [0.25, 0.3) is 5.91 Å². The lowest BCUT2D eigenvalue weighted by molar-refractivity contribution is -0.137. The van der Waals surface area contributed by atoms with Gasteiger partial charge >= 0.3 is 5.97 Å². The molecule has 0 radical (unpaired) electrons. The van der Waals surface area contributed by atoms with Gasteiger partial charge in [-0.2, -0.15) is 0 Å². The summed E-state index contributed by atoms with van der Waals surface area (Å²) in [5.41, 5.74) is 1.42. The fraction of sp³-hybridized carbons (Fsp3) is 0.294. The second-order valence-electron chi connectivity index (χ2n) is 5.32. The number of carboxylic acid groups (broad SMARTS) is 1. The summed E-state index contributed by atoms with van der Waals surface area (Å²) in [4.78, 5) is 35.7. The molecule has 1 N–H and O–H groups in total. The Balaban J connectivity index is 1.93. The zero-order chi connectivity index (χ0) is 17.5. The molecule has 2 rings (SSSR count). The van der Waals surface area contributed by atoms with Crippen molar-refractivity contribution < 1.29 is 19.5 Å². The number of hydrogen-bond donors (Lipinski definition) is 1. The summed E-state index contributed by atoms with van der Waals surface area (Å²) in [5, 5.41) is 8.60. The number of carboxylic acids is 1. The normalized spacial score (nSPS) is 16.0. The number of hydrogen-bond acceptors (Lipinski definition) is 5. The number of aliphatic carboxylic acids is 1. The summed E-state index contributed by atoms with van der Waals surface area (Å²) < 4.78 is 0.522. The van der Waals surface area contributed by atoms with Gasteiger partial charge in [0.1, 0.15) is 10.6 Å². The van der Waals surface area contributed by atoms with Crippen LogP contribution in [0.15, 0.2) is 29.2 Å². The van der Waals surface area contributed by atoms with E-state index in [4.69, 9.17) is 17.3 Å². The van der Waals surface area contributed by atoms with Gasteiger partial charge in [0.05, 0.1) is 4.91 Å². The van der Waals surface area contributed by atoms with Crippen LogP contribution >= 0.6 is 24.0 Å². The van der Waals surface area contributed by atoms with Crippen LogP contribution in [0.2, 0.25) is 0 Å². The van der Waals surface area contributed by atoms with Gasteiger partial charge in [-0.15, -0.1) is 0 Å². The van der Waals surface area contributed by atoms with Crippen molar-refractivity contribution in [3.8, 4) is 0 Å². The summed E-state index contributed by atoms with van der Waals surface area (Å²) in [5.74, 6) is -0.924. The molecule has 126 valence electrons. The Morgan fingerprint density at radius 2 is 1.83 bits per heavy atom. The lowest BCUT2D eigenvalue weighted by atomic mass is 10.1. The van der Waals surface area contributed by atoms with Gasteiger partial charge in [0.2, 0.25) is 0 Å². The summed E-state index contributed by atoms with van der Waals surface area (Å²) in [6, 6.07) is 6.95. The summed E-state index contributed by atoms with van der Waals surface area (Å²) in [6.45, 7) is 0.506. The highest BCUT2D eigenvalue weighted by atomic mass is 32.2. The van der Waals surface area contributed by atoms with E-state index in [1.54, 1.807) is 35.2 Å². The van der Waals surface area contributed by atoms with Crippen molar-refractivity contribution in [1.82, 2.24) is 4.90 Å². The number of nitrogens with zero attached hydrogens (tertiary/aromatic N) is 1. The summed E-state index contributed by atoms with van der Waals surface area (Å²) in [7, 11) is 0. The second kappa shape index (κ2) is 8.75. The number of benzene rings is 1. The average molecular weight is 363 g/mol. The van der Waals surface area contributed by atoms with E-state index in [1.807, 2.05) is 0 Å². The first kappa shape index (κ1) is 18.4. The maximum atomic E-state index is 12.4. The number of aldehydes is 1. The predicted octanol–water partition coefficient (Wildman–Crippen LogP) is 3.35. The zero-order valence-corrected chi connectivity index (χ0v) is 14.6. The van der Waals surface area contributed by atoms with Crippen molar-refractivity contribution >= 4 is 52.5 Å². The first-order chi connectivity index (χ1) is 11.5. The van der Waals surface area contributed by atoms with Crippen LogP contribution in [0.5, 0.6) is 0 Å². The molecule has 1 aliphatic heterocycles. The number of rotatable bonds is 8. The van der Waals surface area contributed by atoms with Crippen LogP contribution < -0.4 is 0 Å². The van der Waals surface area contributed by atoms with Crippen molar-refractivity contribution in [1.29, 1.82) is 0 Å². The largest absolute Gasteiger partial charge is 0.481 e. The minimum absolute atomic E-state index is 0.123. The lowest BCUT2D eigenvalue weighted by Gasteiger charge is -2.13. The smallest absolute Gasteiger partial charge is 0.303 e. The SMILES string of the molecule is O=Cc1ccc(C=C2SC(=S)N(CCCCCC(=O)O)C2=O)cc1. The Bertz CT molecular complexity index is 682. The molecule has 1 saturated heterocycles. The molecule has 0 saturated carbocycles. The van der Waals surface area contributed by atoms with Gasteiger partial charge in [-0.3, -0.25) is 19.3 Å². The van der Waals surface area contributed by atoms with E-state index in [0.29, 0.717) is 27.8 Å². The van der Waals surface area contributed by atoms with E-state index in [2.05, 4.69) is 0 Å². The van der Waals surface area contributed by atoms with Crippen LogP contribution in [0.3, 0.4) is 0 Å². The highest BCUT2D eigenvalue weighted by Gasteiger charge is 2.31. The van der Waals surface area contributed by atoms with Gasteiger partial charge in [-0.25, -0.2) is 0 Å². The van der Waals surface area contributed by atoms with Crippen LogP contribution in [0.4, 0.5) is 0 Å². The van der Waals surface area contributed by atoms with E-state index >= 15 is 0 Å². The minimum atomic E-state index is -0.802. The molecule has 0 aromatic heterocycles. The maximum absolute atomic E-state index is 12.4. The number of unbranched alkanes of at least 4 members (excludes halogenated alkanes) is 2. The number of thioether (sulfide) groups is 1. The van der Waals surface area contributed by atoms with E-state index in [-0.39, 0.29) is 12.3 Å². The third-order valence-corrected chi connectivity index (χ3v) is 4.89. The topological polar surface area (TPSA) is 74.7 Å². The maximum Gasteiger partial charge on any atom is 0.303 e. The fourth-order valence-corrected chi connectivity index (χ4v) is 3.55. The monoisotopic (exact) mass is 363 g/mol. The molecule has 1 fully saturated rings. The minimum Gasteiger partial charge on any atom is -0.481 e. The highest BCUT2D eigenvalue weighted by Crippen LogP contribution is 2.32. The number of carbonyl (C=O) groups excluding carboxylic acids is 2. The molecular weight excluding hydrogens is 346 g/mol. The lowest BCUT2D eigenvalue weighted by Crippen LogP contribution is -2.29. The fourth-order valence-electron chi connectivity index (χ4n) is 2.24. The van der Waals surface area contributed by atoms with Crippen molar-refractivity contribution in [3.63, 3.8) is 0 Å². The molecule has 1 aromatic carbocycles. The third kappa shape index (κ3) is 5.01. The van der Waals surface area contributed by atoms with Crippen LogP contribution in [-0.4, -0.2) is 39.0 Å². The van der Waals surface area contributed by atoms with E-state index < -0.39 is 5.97 Å². The first-order valence-corrected chi connectivity index (χ1v) is 8.76. The van der Waals surface area contributed by atoms with Crippen molar-refractivity contribution in [3.05, 3.63) is 40.3 Å². The molecular formula is C17H17NO4S2. The van der Waals surface area contributed by atoms with Gasteiger partial charge in [-0.1, -0.05) is 54.7 Å². The molecule has 0 atom stereocenters. The summed E-state index contributed by atoms with van der Waals surface area (Å²) >= 11 is 6.52. The van der Waals surface area contributed by atoms with E-state index in [0.717, 1.165) is 24.7 Å². The Morgan fingerprint density at radius 1 is 1.17 bits per heavy atom. The van der Waals surface area contributed by atoms with Gasteiger partial charge in [-0.05, 0) is 24.5 Å². The third-order valence-electron chi connectivity index (χ3n) is 3.52. The van der Waals surface area contributed by atoms with Crippen LogP contribution in [0.1, 0.15) is 41.6 Å². The molecule has 1 amide bonds. The molecule has 0 spiro atoms. The van der Waals surface area contributed by atoms with E-state index in [1.165, 1.54) is 11.8 Å². The van der Waals surface area contributed by atoms with Crippen molar-refractivity contribution in [2.24, 2.45) is 0 Å². The standard InChI is InChI=1S/C17H17NO4S2/c19-11-13-7-5-12(6-8-13)10-14-16(22)18(17(23)24-14)9-3-1-2-4-15(20)21/h5-8,10-11H,1-4,9H2,(H,20,21). The molecule has 24 heavy (non-hydrogen) atoms. The summed E-state index contributed by atoms with van der Waals surface area (Å²) in [6.07, 6.45) is 4.75. The quantitative estimate of drug-likeness (QED) is 0.330. The number of thiocarbonyl (C=S) groups is 1. The highest BCUT2D eigenvalue weighted by molar-refractivity contribution is 8.26. The predicted molar refractivity (Wildman–Crippen MR) is 97.8 cm³/mol. The molecule has 1 aliphatic rings. The zero-order valence-electron chi connectivity index (χ0n) is 12.9. The Morgan fingerprint density at radius 3 is 2.46 bits per heavy atom. The van der Waals surface area contributed by atoms with E-state index in [9.17, 15) is 14.4 Å². The first-order valence-electron chi connectivity index (χ1n) is 7.53. The van der Waals surface area contributed by atoms with Crippen molar-refractivity contribution in [2.45, 2.75) is 25.7 Å². The van der Waals surface area contributed by atoms with Gasteiger partial charge in [0.15, 0.2) is 0 Å². The molecule has 1 heterocycles. The van der Waals surface area contributed by atoms with Crippen molar-refractivity contribution in [2.75, 3.05) is 6.54 Å². The molecule has 0 bridgehead atoms. The van der Waals surface area contributed by atoms with Gasteiger partial charge in [0, 0.05) is 18.5 Å². The van der Waals surface area contributed by atoms with Crippen LogP contribution in [0, 0.1) is 0 Å². The number of amides is 1.